The smallest absolute Gasteiger partial charge is 0.338 e. The van der Waals surface area contributed by atoms with Gasteiger partial charge in [-0.05, 0) is 48.2 Å². The quantitative estimate of drug-likeness (QED) is 0.537. The lowest BCUT2D eigenvalue weighted by Crippen LogP contribution is -2.45. The maximum atomic E-state index is 12.9. The summed E-state index contributed by atoms with van der Waals surface area (Å²) < 4.78 is 10.7. The van der Waals surface area contributed by atoms with Crippen LogP contribution in [-0.2, 0) is 16.1 Å². The number of rotatable bonds is 6. The van der Waals surface area contributed by atoms with Crippen LogP contribution < -0.4 is 15.4 Å². The van der Waals surface area contributed by atoms with E-state index < -0.39 is 12.0 Å². The summed E-state index contributed by atoms with van der Waals surface area (Å²) in [5.74, 6) is 0.272. The summed E-state index contributed by atoms with van der Waals surface area (Å²) in [6.45, 7) is 1.84. The fraction of sp³-hybridized carbons (Fsp3) is 0.182. The van der Waals surface area contributed by atoms with E-state index in [-0.39, 0.29) is 12.6 Å². The summed E-state index contributed by atoms with van der Waals surface area (Å²) >= 11 is 3.20. The number of allylic oxidation sites excluding steroid dienone is 1. The molecule has 1 aliphatic rings. The zero-order valence-electron chi connectivity index (χ0n) is 16.4. The Morgan fingerprint density at radius 1 is 1.10 bits per heavy atom. The average Bonchev–Trinajstić information content (AvgIpc) is 3.43. The highest BCUT2D eigenvalue weighted by Gasteiger charge is 2.33. The van der Waals surface area contributed by atoms with E-state index in [2.05, 4.69) is 10.6 Å². The van der Waals surface area contributed by atoms with E-state index in [4.69, 9.17) is 9.47 Å². The Labute approximate surface area is 182 Å². The van der Waals surface area contributed by atoms with Gasteiger partial charge < -0.3 is 20.1 Å². The number of esters is 1. The molecule has 2 amide bonds. The summed E-state index contributed by atoms with van der Waals surface area (Å²) in [4.78, 5) is 28.1. The van der Waals surface area contributed by atoms with Crippen molar-refractivity contribution in [3.8, 4) is 15.5 Å². The van der Waals surface area contributed by atoms with Gasteiger partial charge in [0.25, 0.3) is 0 Å². The molecule has 6 nitrogen and oxygen atoms in total. The first kappa shape index (κ1) is 20.2. The zero-order chi connectivity index (χ0) is 21.1. The predicted octanol–water partition coefficient (Wildman–Crippen LogP) is 4.86. The van der Waals surface area contributed by atoms with Gasteiger partial charge in [-0.1, -0.05) is 18.2 Å². The Morgan fingerprint density at radius 2 is 1.90 bits per heavy atom. The molecule has 3 heterocycles. The van der Waals surface area contributed by atoms with E-state index in [0.29, 0.717) is 11.3 Å². The second kappa shape index (κ2) is 8.73. The van der Waals surface area contributed by atoms with Crippen LogP contribution in [0.2, 0.25) is 0 Å². The van der Waals surface area contributed by atoms with Crippen molar-refractivity contribution in [2.45, 2.75) is 19.6 Å². The number of methoxy groups -OCH3 is 1. The lowest BCUT2D eigenvalue weighted by molar-refractivity contribution is -0.140. The highest BCUT2D eigenvalue weighted by Crippen LogP contribution is 2.37. The van der Waals surface area contributed by atoms with E-state index in [1.54, 1.807) is 36.7 Å². The van der Waals surface area contributed by atoms with Crippen molar-refractivity contribution in [1.29, 1.82) is 0 Å². The lowest BCUT2D eigenvalue weighted by atomic mass is 10.0. The molecule has 0 aliphatic carbocycles. The number of urea groups is 1. The summed E-state index contributed by atoms with van der Waals surface area (Å²) in [7, 11) is 1.60. The number of benzene rings is 1. The summed E-state index contributed by atoms with van der Waals surface area (Å²) in [6, 6.07) is 14.4. The van der Waals surface area contributed by atoms with Crippen molar-refractivity contribution < 1.29 is 19.1 Å². The monoisotopic (exact) mass is 440 g/mol. The maximum absolute atomic E-state index is 12.9. The molecule has 154 valence electrons. The van der Waals surface area contributed by atoms with Gasteiger partial charge in [0.05, 0.1) is 18.7 Å². The van der Waals surface area contributed by atoms with Gasteiger partial charge in [-0.25, -0.2) is 9.59 Å². The molecule has 0 saturated carbocycles. The number of carbonyl (C=O) groups is 2. The number of hydrogen-bond acceptors (Lipinski definition) is 6. The number of thiophene rings is 2. The minimum Gasteiger partial charge on any atom is -0.497 e. The SMILES string of the molecule is COc1ccc(COC(=O)C2=C(C)NC(=O)NC2c2ccc(-c3cccs3)s2)cc1. The lowest BCUT2D eigenvalue weighted by Gasteiger charge is -2.27. The van der Waals surface area contributed by atoms with Gasteiger partial charge >= 0.3 is 12.0 Å². The standard InChI is InChI=1S/C22H20N2O4S2/c1-13-19(21(25)28-12-14-5-7-15(27-2)8-6-14)20(24-22(26)23-13)18-10-9-17(30-18)16-4-3-11-29-16/h3-11,20H,12H2,1-2H3,(H2,23,24,26). The van der Waals surface area contributed by atoms with Crippen molar-refractivity contribution in [1.82, 2.24) is 10.6 Å². The molecular formula is C22H20N2O4S2. The highest BCUT2D eigenvalue weighted by atomic mass is 32.1. The molecule has 30 heavy (non-hydrogen) atoms. The van der Waals surface area contributed by atoms with Crippen molar-refractivity contribution in [3.63, 3.8) is 0 Å². The molecule has 0 spiro atoms. The van der Waals surface area contributed by atoms with Crippen LogP contribution in [0.1, 0.15) is 23.4 Å². The van der Waals surface area contributed by atoms with Crippen molar-refractivity contribution in [2.75, 3.05) is 7.11 Å². The van der Waals surface area contributed by atoms with Gasteiger partial charge in [-0.2, -0.15) is 0 Å². The van der Waals surface area contributed by atoms with Crippen LogP contribution in [0.3, 0.4) is 0 Å². The molecular weight excluding hydrogens is 420 g/mol. The van der Waals surface area contributed by atoms with Crippen molar-refractivity contribution in [3.05, 3.63) is 75.6 Å². The van der Waals surface area contributed by atoms with E-state index in [1.165, 1.54) is 0 Å². The van der Waals surface area contributed by atoms with E-state index >= 15 is 0 Å². The molecule has 1 aromatic carbocycles. The van der Waals surface area contributed by atoms with Crippen LogP contribution in [0.15, 0.2) is 65.2 Å². The van der Waals surface area contributed by atoms with Gasteiger partial charge in [0.15, 0.2) is 0 Å². The normalized spacial score (nSPS) is 16.1. The molecule has 1 aliphatic heterocycles. The molecule has 0 saturated heterocycles. The van der Waals surface area contributed by atoms with Crippen LogP contribution in [0.5, 0.6) is 5.75 Å². The third kappa shape index (κ3) is 4.24. The number of amides is 2. The average molecular weight is 441 g/mol. The van der Waals surface area contributed by atoms with Gasteiger partial charge in [-0.15, -0.1) is 22.7 Å². The van der Waals surface area contributed by atoms with Crippen LogP contribution in [0.25, 0.3) is 9.75 Å². The maximum Gasteiger partial charge on any atom is 0.338 e. The van der Waals surface area contributed by atoms with Crippen LogP contribution >= 0.6 is 22.7 Å². The number of ether oxygens (including phenoxy) is 2. The van der Waals surface area contributed by atoms with Crippen LogP contribution in [0, 0.1) is 0 Å². The molecule has 0 bridgehead atoms. The third-order valence-electron chi connectivity index (χ3n) is 4.69. The Morgan fingerprint density at radius 3 is 2.60 bits per heavy atom. The van der Waals surface area contributed by atoms with Gasteiger partial charge in [-0.3, -0.25) is 0 Å². The van der Waals surface area contributed by atoms with Crippen LogP contribution in [0.4, 0.5) is 4.79 Å². The molecule has 1 atom stereocenters. The second-order valence-electron chi connectivity index (χ2n) is 6.67. The Hall–Kier alpha value is -3.10. The third-order valence-corrected chi connectivity index (χ3v) is 6.91. The molecule has 8 heteroatoms. The number of hydrogen-bond donors (Lipinski definition) is 2. The molecule has 1 unspecified atom stereocenters. The predicted molar refractivity (Wildman–Crippen MR) is 118 cm³/mol. The van der Waals surface area contributed by atoms with E-state index in [9.17, 15) is 9.59 Å². The Kier molecular flexibility index (Phi) is 5.87. The minimum absolute atomic E-state index is 0.130. The van der Waals surface area contributed by atoms with Crippen LogP contribution in [-0.4, -0.2) is 19.1 Å². The number of carbonyl (C=O) groups excluding carboxylic acids is 2. The molecule has 3 aromatic rings. The van der Waals surface area contributed by atoms with Crippen molar-refractivity contribution in [2.24, 2.45) is 0 Å². The fourth-order valence-electron chi connectivity index (χ4n) is 3.19. The Balaban J connectivity index is 1.54. The van der Waals surface area contributed by atoms with Crippen molar-refractivity contribution >= 4 is 34.7 Å². The van der Waals surface area contributed by atoms with E-state index in [0.717, 1.165) is 25.9 Å². The first-order valence-corrected chi connectivity index (χ1v) is 11.0. The fourth-order valence-corrected chi connectivity index (χ4v) is 5.09. The minimum atomic E-state index is -0.555. The number of nitrogens with one attached hydrogen (secondary N) is 2. The van der Waals surface area contributed by atoms with E-state index in [1.807, 2.05) is 53.9 Å². The topological polar surface area (TPSA) is 76.7 Å². The molecule has 2 N–H and O–H groups in total. The van der Waals surface area contributed by atoms with Gasteiger partial charge in [0, 0.05) is 20.3 Å². The highest BCUT2D eigenvalue weighted by molar-refractivity contribution is 7.21. The summed E-state index contributed by atoms with van der Waals surface area (Å²) in [5.41, 5.74) is 1.75. The zero-order valence-corrected chi connectivity index (χ0v) is 18.1. The molecule has 0 fully saturated rings. The summed E-state index contributed by atoms with van der Waals surface area (Å²) in [5, 5.41) is 7.55. The van der Waals surface area contributed by atoms with Gasteiger partial charge in [0.2, 0.25) is 0 Å². The first-order valence-electron chi connectivity index (χ1n) is 9.27. The second-order valence-corrected chi connectivity index (χ2v) is 8.74. The first-order chi connectivity index (χ1) is 14.5. The Bertz CT molecular complexity index is 1080. The molecule has 4 rings (SSSR count). The largest absolute Gasteiger partial charge is 0.497 e. The molecule has 0 radical (unpaired) electrons. The summed E-state index contributed by atoms with van der Waals surface area (Å²) in [6.07, 6.45) is 0. The van der Waals surface area contributed by atoms with Gasteiger partial charge in [0.1, 0.15) is 12.4 Å². The molecule has 2 aromatic heterocycles.